The van der Waals surface area contributed by atoms with Gasteiger partial charge in [-0.3, -0.25) is 4.79 Å². The summed E-state index contributed by atoms with van der Waals surface area (Å²) in [4.78, 5) is 34.7. The normalized spacial score (nSPS) is 17.0. The third-order valence-electron chi connectivity index (χ3n) is 4.07. The highest BCUT2D eigenvalue weighted by Gasteiger charge is 2.25. The molecular weight excluding hydrogens is 298 g/mol. The van der Waals surface area contributed by atoms with Crippen LogP contribution in [0.15, 0.2) is 12.2 Å². The van der Waals surface area contributed by atoms with Crippen molar-refractivity contribution in [2.24, 2.45) is 11.8 Å². The van der Waals surface area contributed by atoms with Gasteiger partial charge in [0.2, 0.25) is 5.91 Å². The molecular formula is C17H27NO5. The van der Waals surface area contributed by atoms with Gasteiger partial charge in [0.1, 0.15) is 6.61 Å². The third-order valence-corrected chi connectivity index (χ3v) is 4.07. The Morgan fingerprint density at radius 3 is 2.26 bits per heavy atom. The van der Waals surface area contributed by atoms with Crippen LogP contribution in [-0.2, 0) is 23.9 Å². The monoisotopic (exact) mass is 325 g/mol. The Balaban J connectivity index is 2.45. The van der Waals surface area contributed by atoms with Crippen LogP contribution >= 0.6 is 0 Å². The molecule has 6 nitrogen and oxygen atoms in total. The molecule has 1 atom stereocenters. The molecule has 0 spiro atoms. The molecule has 1 rings (SSSR count). The summed E-state index contributed by atoms with van der Waals surface area (Å²) in [6, 6.07) is -0.236. The summed E-state index contributed by atoms with van der Waals surface area (Å²) < 4.78 is 9.49. The van der Waals surface area contributed by atoms with Crippen molar-refractivity contribution in [2.45, 2.75) is 52.0 Å². The Morgan fingerprint density at radius 2 is 1.70 bits per heavy atom. The van der Waals surface area contributed by atoms with Crippen molar-refractivity contribution in [3.05, 3.63) is 12.2 Å². The maximum absolute atomic E-state index is 12.3. The molecule has 6 heteroatoms. The molecule has 0 heterocycles. The van der Waals surface area contributed by atoms with E-state index in [0.29, 0.717) is 0 Å². The van der Waals surface area contributed by atoms with Crippen LogP contribution in [0.1, 0.15) is 46.0 Å². The van der Waals surface area contributed by atoms with Gasteiger partial charge in [-0.15, -0.1) is 0 Å². The summed E-state index contributed by atoms with van der Waals surface area (Å²) >= 11 is 0. The fourth-order valence-electron chi connectivity index (χ4n) is 2.49. The lowest BCUT2D eigenvalue weighted by Crippen LogP contribution is -2.45. The molecule has 23 heavy (non-hydrogen) atoms. The number of carbonyl (C=O) groups is 3. The number of hydrogen-bond donors (Lipinski definition) is 1. The number of esters is 2. The number of ether oxygens (including phenoxy) is 2. The van der Waals surface area contributed by atoms with E-state index in [1.807, 2.05) is 13.8 Å². The lowest BCUT2D eigenvalue weighted by Gasteiger charge is -2.26. The fraction of sp³-hybridized carbons (Fsp3) is 0.706. The van der Waals surface area contributed by atoms with Crippen molar-refractivity contribution in [3.63, 3.8) is 0 Å². The minimum Gasteiger partial charge on any atom is -0.466 e. The summed E-state index contributed by atoms with van der Waals surface area (Å²) in [6.07, 6.45) is 7.27. The smallest absolute Gasteiger partial charge is 0.331 e. The summed E-state index contributed by atoms with van der Waals surface area (Å²) in [6.45, 7) is 4.01. The van der Waals surface area contributed by atoms with Gasteiger partial charge < -0.3 is 14.8 Å². The van der Waals surface area contributed by atoms with E-state index >= 15 is 0 Å². The maximum Gasteiger partial charge on any atom is 0.331 e. The van der Waals surface area contributed by atoms with Gasteiger partial charge in [0.15, 0.2) is 0 Å². The second-order valence-corrected chi connectivity index (χ2v) is 6.18. The Bertz CT molecular complexity index is 438. The van der Waals surface area contributed by atoms with Crippen LogP contribution in [0.2, 0.25) is 0 Å². The third kappa shape index (κ3) is 7.30. The largest absolute Gasteiger partial charge is 0.466 e. The van der Waals surface area contributed by atoms with Crippen molar-refractivity contribution >= 4 is 17.8 Å². The van der Waals surface area contributed by atoms with Gasteiger partial charge in [-0.05, 0) is 18.8 Å². The summed E-state index contributed by atoms with van der Waals surface area (Å²) in [7, 11) is 1.23. The molecule has 1 N–H and O–H groups in total. The van der Waals surface area contributed by atoms with E-state index in [4.69, 9.17) is 4.74 Å². The highest BCUT2D eigenvalue weighted by molar-refractivity contribution is 5.91. The first-order valence-electron chi connectivity index (χ1n) is 8.17. The number of hydrogen-bond acceptors (Lipinski definition) is 5. The van der Waals surface area contributed by atoms with Crippen molar-refractivity contribution < 1.29 is 23.9 Å². The number of carbonyl (C=O) groups excluding carboxylic acids is 3. The summed E-state index contributed by atoms with van der Waals surface area (Å²) in [5.41, 5.74) is 0. The predicted molar refractivity (Wildman–Crippen MR) is 85.5 cm³/mol. The Hall–Kier alpha value is -1.85. The molecule has 1 amide bonds. The van der Waals surface area contributed by atoms with Crippen LogP contribution in [-0.4, -0.2) is 37.6 Å². The molecule has 0 saturated heterocycles. The number of nitrogens with one attached hydrogen (secondary N) is 1. The van der Waals surface area contributed by atoms with Gasteiger partial charge in [0.05, 0.1) is 13.2 Å². The maximum atomic E-state index is 12.3. The summed E-state index contributed by atoms with van der Waals surface area (Å²) in [5.74, 6) is -0.995. The van der Waals surface area contributed by atoms with E-state index in [1.54, 1.807) is 0 Å². The molecule has 1 aliphatic rings. The molecule has 1 fully saturated rings. The highest BCUT2D eigenvalue weighted by atomic mass is 16.5. The van der Waals surface area contributed by atoms with Crippen LogP contribution in [0.4, 0.5) is 0 Å². The van der Waals surface area contributed by atoms with Gasteiger partial charge in [-0.2, -0.15) is 0 Å². The number of amides is 1. The average molecular weight is 325 g/mol. The van der Waals surface area contributed by atoms with Crippen LogP contribution in [0, 0.1) is 11.8 Å². The highest BCUT2D eigenvalue weighted by Crippen LogP contribution is 2.24. The number of methoxy groups -OCH3 is 1. The van der Waals surface area contributed by atoms with Crippen LogP contribution in [0.25, 0.3) is 0 Å². The van der Waals surface area contributed by atoms with E-state index in [0.717, 1.165) is 37.8 Å². The Kier molecular flexibility index (Phi) is 8.37. The van der Waals surface area contributed by atoms with E-state index < -0.39 is 11.9 Å². The second kappa shape index (κ2) is 10.0. The zero-order chi connectivity index (χ0) is 17.2. The quantitative estimate of drug-likeness (QED) is 0.572. The van der Waals surface area contributed by atoms with Crippen LogP contribution in [0.5, 0.6) is 0 Å². The van der Waals surface area contributed by atoms with Gasteiger partial charge in [-0.25, -0.2) is 9.59 Å². The lowest BCUT2D eigenvalue weighted by molar-refractivity contribution is -0.141. The van der Waals surface area contributed by atoms with E-state index in [-0.39, 0.29) is 30.4 Å². The minimum absolute atomic E-state index is 0.0459. The SMILES string of the molecule is COC(=O)/C=C/C(=O)OCC(NC(=O)C1CCCCC1)C(C)C. The standard InChI is InChI=1S/C17H27NO5/c1-12(2)14(11-23-16(20)10-9-15(19)22-3)18-17(21)13-7-5-4-6-8-13/h9-10,12-14H,4-8,11H2,1-3H3,(H,18,21)/b10-9+. The first-order chi connectivity index (χ1) is 10.9. The molecule has 0 aromatic carbocycles. The lowest BCUT2D eigenvalue weighted by atomic mass is 9.88. The minimum atomic E-state index is -0.632. The topological polar surface area (TPSA) is 81.7 Å². The van der Waals surface area contributed by atoms with Crippen molar-refractivity contribution in [1.82, 2.24) is 5.32 Å². The van der Waals surface area contributed by atoms with E-state index in [1.165, 1.54) is 13.5 Å². The molecule has 0 aromatic rings. The first kappa shape index (κ1) is 19.2. The molecule has 0 bridgehead atoms. The predicted octanol–water partition coefficient (Wildman–Crippen LogP) is 1.98. The van der Waals surface area contributed by atoms with Crippen molar-refractivity contribution in [2.75, 3.05) is 13.7 Å². The Labute approximate surface area is 137 Å². The van der Waals surface area contributed by atoms with Crippen LogP contribution < -0.4 is 5.32 Å². The zero-order valence-electron chi connectivity index (χ0n) is 14.2. The van der Waals surface area contributed by atoms with Gasteiger partial charge in [-0.1, -0.05) is 33.1 Å². The molecule has 0 aromatic heterocycles. The van der Waals surface area contributed by atoms with E-state index in [2.05, 4.69) is 10.1 Å². The van der Waals surface area contributed by atoms with Crippen LogP contribution in [0.3, 0.4) is 0 Å². The van der Waals surface area contributed by atoms with Gasteiger partial charge >= 0.3 is 11.9 Å². The molecule has 1 saturated carbocycles. The van der Waals surface area contributed by atoms with Crippen molar-refractivity contribution in [3.8, 4) is 0 Å². The van der Waals surface area contributed by atoms with Gasteiger partial charge in [0, 0.05) is 18.1 Å². The fourth-order valence-corrected chi connectivity index (χ4v) is 2.49. The Morgan fingerprint density at radius 1 is 1.09 bits per heavy atom. The molecule has 130 valence electrons. The first-order valence-corrected chi connectivity index (χ1v) is 8.17. The molecule has 0 radical (unpaired) electrons. The van der Waals surface area contributed by atoms with Crippen molar-refractivity contribution in [1.29, 1.82) is 0 Å². The molecule has 1 aliphatic carbocycles. The summed E-state index contributed by atoms with van der Waals surface area (Å²) in [5, 5.41) is 2.99. The zero-order valence-corrected chi connectivity index (χ0v) is 14.2. The van der Waals surface area contributed by atoms with E-state index in [9.17, 15) is 14.4 Å². The van der Waals surface area contributed by atoms with Gasteiger partial charge in [0.25, 0.3) is 0 Å². The molecule has 0 aliphatic heterocycles. The second-order valence-electron chi connectivity index (χ2n) is 6.18. The molecule has 1 unspecified atom stereocenters. The average Bonchev–Trinajstić information content (AvgIpc) is 2.56. The number of rotatable bonds is 7.